The molecule has 7 N–H and O–H groups in total. The summed E-state index contributed by atoms with van der Waals surface area (Å²) in [5.74, 6) is 0.508. The molecule has 2 atom stereocenters. The Labute approximate surface area is 182 Å². The van der Waals surface area contributed by atoms with Crippen LogP contribution in [-0.4, -0.2) is 31.4 Å². The molecule has 9 heteroatoms. The molecule has 0 aliphatic rings. The summed E-state index contributed by atoms with van der Waals surface area (Å²) in [5.41, 5.74) is 13.8. The molecule has 0 aromatic heterocycles. The van der Waals surface area contributed by atoms with Crippen molar-refractivity contribution < 1.29 is 19.1 Å². The highest BCUT2D eigenvalue weighted by atomic mass is 16.6. The van der Waals surface area contributed by atoms with E-state index in [-0.39, 0.29) is 18.7 Å². The van der Waals surface area contributed by atoms with Gasteiger partial charge in [0.1, 0.15) is 11.9 Å². The lowest BCUT2D eigenvalue weighted by molar-refractivity contribution is 0.0968. The molecule has 2 aromatic rings. The van der Waals surface area contributed by atoms with Crippen LogP contribution in [-0.2, 0) is 4.74 Å². The molecule has 31 heavy (non-hydrogen) atoms. The number of rotatable bonds is 9. The van der Waals surface area contributed by atoms with Crippen molar-refractivity contribution in [2.45, 2.75) is 39.3 Å². The zero-order valence-corrected chi connectivity index (χ0v) is 18.1. The molecule has 0 spiro atoms. The van der Waals surface area contributed by atoms with Gasteiger partial charge in [-0.1, -0.05) is 19.1 Å². The molecule has 0 heterocycles. The van der Waals surface area contributed by atoms with E-state index < -0.39 is 12.1 Å². The number of nitrogens with one attached hydrogen (secondary N) is 3. The van der Waals surface area contributed by atoms with Crippen LogP contribution in [0.3, 0.4) is 0 Å². The lowest BCUT2D eigenvalue weighted by Crippen LogP contribution is -2.34. The van der Waals surface area contributed by atoms with Crippen molar-refractivity contribution in [3.05, 3.63) is 48.0 Å². The minimum Gasteiger partial charge on any atom is -0.492 e. The minimum atomic E-state index is -0.533. The van der Waals surface area contributed by atoms with E-state index in [0.29, 0.717) is 35.8 Å². The van der Waals surface area contributed by atoms with Gasteiger partial charge in [-0.3, -0.25) is 0 Å². The Bertz CT molecular complexity index is 886. The molecule has 9 nitrogen and oxygen atoms in total. The highest BCUT2D eigenvalue weighted by Crippen LogP contribution is 2.25. The zero-order chi connectivity index (χ0) is 22.8. The first-order chi connectivity index (χ1) is 14.9. The number of carbonyl (C=O) groups excluding carboxylic acids is 2. The Morgan fingerprint density at radius 1 is 1.06 bits per heavy atom. The van der Waals surface area contributed by atoms with Crippen LogP contribution in [0.25, 0.3) is 0 Å². The van der Waals surface area contributed by atoms with Gasteiger partial charge in [0.25, 0.3) is 0 Å². The van der Waals surface area contributed by atoms with E-state index in [4.69, 9.17) is 20.9 Å². The predicted octanol–water partition coefficient (Wildman–Crippen LogP) is 3.84. The zero-order valence-electron chi connectivity index (χ0n) is 18.1. The molecular weight excluding hydrogens is 398 g/mol. The maximum Gasteiger partial charge on any atom is 0.407 e. The molecule has 0 radical (unpaired) electrons. The van der Waals surface area contributed by atoms with Crippen LogP contribution in [0.2, 0.25) is 0 Å². The summed E-state index contributed by atoms with van der Waals surface area (Å²) < 4.78 is 10.7. The Morgan fingerprint density at radius 3 is 2.42 bits per heavy atom. The fourth-order valence-corrected chi connectivity index (χ4v) is 2.82. The quantitative estimate of drug-likeness (QED) is 0.384. The molecule has 0 aliphatic heterocycles. The normalized spacial score (nSPS) is 12.4. The lowest BCUT2D eigenvalue weighted by atomic mass is 10.1. The Hall–Kier alpha value is -3.46. The average Bonchev–Trinajstić information content (AvgIpc) is 2.74. The van der Waals surface area contributed by atoms with Crippen molar-refractivity contribution in [2.24, 2.45) is 5.73 Å². The van der Waals surface area contributed by atoms with Gasteiger partial charge >= 0.3 is 12.1 Å². The second-order valence-corrected chi connectivity index (χ2v) is 6.93. The van der Waals surface area contributed by atoms with Gasteiger partial charge in [0, 0.05) is 24.0 Å². The molecule has 168 valence electrons. The minimum absolute atomic E-state index is 0.271. The second kappa shape index (κ2) is 11.7. The van der Waals surface area contributed by atoms with E-state index in [0.717, 1.165) is 5.56 Å². The van der Waals surface area contributed by atoms with Crippen molar-refractivity contribution in [2.75, 3.05) is 29.5 Å². The molecule has 1 unspecified atom stereocenters. The number of urea groups is 1. The molecule has 0 saturated heterocycles. The summed E-state index contributed by atoms with van der Waals surface area (Å²) in [6, 6.07) is 11.5. The number of carbonyl (C=O) groups is 2. The number of nitrogens with two attached hydrogens (primary N) is 2. The molecule has 0 bridgehead atoms. The maximum absolute atomic E-state index is 12.4. The van der Waals surface area contributed by atoms with Gasteiger partial charge in [-0.15, -0.1) is 0 Å². The van der Waals surface area contributed by atoms with Crippen molar-refractivity contribution in [3.8, 4) is 5.75 Å². The Kier molecular flexibility index (Phi) is 8.95. The van der Waals surface area contributed by atoms with Crippen LogP contribution < -0.4 is 32.2 Å². The first-order valence-corrected chi connectivity index (χ1v) is 10.2. The molecule has 2 rings (SSSR count). The number of ether oxygens (including phenoxy) is 2. The number of anilines is 3. The van der Waals surface area contributed by atoms with Crippen LogP contribution >= 0.6 is 0 Å². The van der Waals surface area contributed by atoms with E-state index >= 15 is 0 Å². The third-order valence-electron chi connectivity index (χ3n) is 4.54. The highest BCUT2D eigenvalue weighted by Gasteiger charge is 2.15. The van der Waals surface area contributed by atoms with Gasteiger partial charge in [-0.25, -0.2) is 9.59 Å². The summed E-state index contributed by atoms with van der Waals surface area (Å²) in [5, 5.41) is 8.29. The van der Waals surface area contributed by atoms with Crippen molar-refractivity contribution >= 4 is 29.2 Å². The van der Waals surface area contributed by atoms with Crippen LogP contribution in [0, 0.1) is 0 Å². The molecule has 2 aromatic carbocycles. The summed E-state index contributed by atoms with van der Waals surface area (Å²) >= 11 is 0. The number of alkyl carbamates (subject to hydrolysis) is 1. The number of benzene rings is 2. The van der Waals surface area contributed by atoms with Crippen molar-refractivity contribution in [1.29, 1.82) is 0 Å². The van der Waals surface area contributed by atoms with E-state index in [2.05, 4.69) is 16.0 Å². The molecule has 0 fully saturated rings. The van der Waals surface area contributed by atoms with E-state index in [1.54, 1.807) is 36.4 Å². The number of hydrogen-bond acceptors (Lipinski definition) is 6. The van der Waals surface area contributed by atoms with E-state index in [1.165, 1.54) is 0 Å². The van der Waals surface area contributed by atoms with E-state index in [9.17, 15) is 9.59 Å². The van der Waals surface area contributed by atoms with E-state index in [1.807, 2.05) is 26.8 Å². The maximum atomic E-state index is 12.4. The summed E-state index contributed by atoms with van der Waals surface area (Å²) in [6.45, 7) is 6.32. The van der Waals surface area contributed by atoms with Gasteiger partial charge < -0.3 is 36.9 Å². The first-order valence-electron chi connectivity index (χ1n) is 10.2. The van der Waals surface area contributed by atoms with Gasteiger partial charge in [-0.2, -0.15) is 0 Å². The predicted molar refractivity (Wildman–Crippen MR) is 122 cm³/mol. The Balaban J connectivity index is 1.97. The average molecular weight is 430 g/mol. The Morgan fingerprint density at radius 2 is 1.77 bits per heavy atom. The number of nitrogen functional groups attached to an aromatic ring is 1. The van der Waals surface area contributed by atoms with Crippen LogP contribution in [0.15, 0.2) is 42.5 Å². The molecular formula is C22H31N5O4. The smallest absolute Gasteiger partial charge is 0.407 e. The number of hydrogen-bond donors (Lipinski definition) is 5. The SMILES string of the molecule is CCOc1cc(NC(=O)Nc2cccc([C@H](C)NC(=O)OC(CC)CN)c2)ccc1N. The second-order valence-electron chi connectivity index (χ2n) is 6.93. The largest absolute Gasteiger partial charge is 0.492 e. The fraction of sp³-hybridized carbons (Fsp3) is 0.364. The molecule has 3 amide bonds. The monoisotopic (exact) mass is 429 g/mol. The fourth-order valence-electron chi connectivity index (χ4n) is 2.82. The number of amides is 3. The summed E-state index contributed by atoms with van der Waals surface area (Å²) in [7, 11) is 0. The summed E-state index contributed by atoms with van der Waals surface area (Å²) in [4.78, 5) is 24.4. The molecule has 0 aliphatic carbocycles. The van der Waals surface area contributed by atoms with Gasteiger partial charge in [0.2, 0.25) is 0 Å². The standard InChI is InChI=1S/C22H31N5O4/c1-4-18(13-23)31-22(29)25-14(3)15-7-6-8-16(11-15)26-21(28)27-17-9-10-19(24)20(12-17)30-5-2/h6-12,14,18H,4-5,13,23-24H2,1-3H3,(H,25,29)(H2,26,27,28)/t14-,18?/m0/s1. The van der Waals surface area contributed by atoms with Gasteiger partial charge in [0.15, 0.2) is 0 Å². The first kappa shape index (κ1) is 23.8. The van der Waals surface area contributed by atoms with Gasteiger partial charge in [-0.05, 0) is 50.1 Å². The third kappa shape index (κ3) is 7.38. The highest BCUT2D eigenvalue weighted by molar-refractivity contribution is 6.00. The lowest BCUT2D eigenvalue weighted by Gasteiger charge is -2.19. The summed E-state index contributed by atoms with van der Waals surface area (Å²) in [6.07, 6.45) is -0.206. The third-order valence-corrected chi connectivity index (χ3v) is 4.54. The topological polar surface area (TPSA) is 141 Å². The van der Waals surface area contributed by atoms with Crippen molar-refractivity contribution in [1.82, 2.24) is 5.32 Å². The molecule has 0 saturated carbocycles. The van der Waals surface area contributed by atoms with Crippen LogP contribution in [0.1, 0.15) is 38.8 Å². The van der Waals surface area contributed by atoms with Crippen LogP contribution in [0.4, 0.5) is 26.7 Å². The van der Waals surface area contributed by atoms with Crippen LogP contribution in [0.5, 0.6) is 5.75 Å². The van der Waals surface area contributed by atoms with Crippen molar-refractivity contribution in [3.63, 3.8) is 0 Å². The van der Waals surface area contributed by atoms with Gasteiger partial charge in [0.05, 0.1) is 18.3 Å².